The predicted molar refractivity (Wildman–Crippen MR) is 69.4 cm³/mol. The minimum absolute atomic E-state index is 0.133. The van der Waals surface area contributed by atoms with Crippen molar-refractivity contribution in [3.05, 3.63) is 11.9 Å². The van der Waals surface area contributed by atoms with Gasteiger partial charge in [0.15, 0.2) is 0 Å². The lowest BCUT2D eigenvalue weighted by Crippen LogP contribution is -2.28. The Morgan fingerprint density at radius 2 is 2.22 bits per heavy atom. The molecule has 18 heavy (non-hydrogen) atoms. The van der Waals surface area contributed by atoms with Crippen LogP contribution in [0.1, 0.15) is 32.0 Å². The van der Waals surface area contributed by atoms with Crippen LogP contribution in [-0.4, -0.2) is 48.5 Å². The number of nitrogens with zero attached hydrogens (tertiary/aromatic N) is 3. The van der Waals surface area contributed by atoms with Crippen molar-refractivity contribution in [3.8, 4) is 0 Å². The highest BCUT2D eigenvalue weighted by Crippen LogP contribution is 2.12. The van der Waals surface area contributed by atoms with Crippen LogP contribution >= 0.6 is 0 Å². The van der Waals surface area contributed by atoms with E-state index in [9.17, 15) is 0 Å². The Hall–Kier alpha value is -0.980. The van der Waals surface area contributed by atoms with Crippen LogP contribution in [0.4, 0.5) is 0 Å². The van der Waals surface area contributed by atoms with Crippen molar-refractivity contribution >= 4 is 0 Å². The molecule has 0 saturated heterocycles. The monoisotopic (exact) mass is 256 g/mol. The fourth-order valence-corrected chi connectivity index (χ4v) is 1.76. The number of aryl methyl sites for hydroxylation is 1. The van der Waals surface area contributed by atoms with Gasteiger partial charge < -0.3 is 14.8 Å². The van der Waals surface area contributed by atoms with Gasteiger partial charge in [-0.15, -0.1) is 5.10 Å². The summed E-state index contributed by atoms with van der Waals surface area (Å²) >= 11 is 0. The first-order valence-corrected chi connectivity index (χ1v) is 6.51. The van der Waals surface area contributed by atoms with E-state index in [0.717, 1.165) is 25.2 Å². The van der Waals surface area contributed by atoms with Gasteiger partial charge in [-0.3, -0.25) is 0 Å². The maximum absolute atomic E-state index is 5.59. The molecule has 0 aliphatic rings. The first kappa shape index (κ1) is 15.1. The number of methoxy groups -OCH3 is 1. The molecule has 0 aromatic carbocycles. The highest BCUT2D eigenvalue weighted by molar-refractivity contribution is 5.02. The lowest BCUT2D eigenvalue weighted by atomic mass is 10.2. The van der Waals surface area contributed by atoms with E-state index >= 15 is 0 Å². The molecule has 0 aliphatic heterocycles. The third-order valence-corrected chi connectivity index (χ3v) is 2.61. The zero-order chi connectivity index (χ0) is 13.2. The average molecular weight is 256 g/mol. The molecule has 1 N–H and O–H groups in total. The van der Waals surface area contributed by atoms with Gasteiger partial charge in [-0.05, 0) is 13.0 Å². The van der Waals surface area contributed by atoms with Gasteiger partial charge in [0.2, 0.25) is 0 Å². The lowest BCUT2D eigenvalue weighted by molar-refractivity contribution is 0.0575. The maximum Gasteiger partial charge on any atom is 0.0780 e. The van der Waals surface area contributed by atoms with Gasteiger partial charge in [-0.25, -0.2) is 4.68 Å². The van der Waals surface area contributed by atoms with E-state index in [0.29, 0.717) is 19.8 Å². The molecule has 1 rings (SSSR count). The Labute approximate surface area is 109 Å². The Balaban J connectivity index is 2.56. The number of likely N-dealkylation sites (N-methyl/N-ethyl adjacent to an activating group) is 1. The van der Waals surface area contributed by atoms with E-state index in [-0.39, 0.29) is 6.04 Å². The molecule has 0 aliphatic carbocycles. The van der Waals surface area contributed by atoms with Crippen molar-refractivity contribution in [2.24, 2.45) is 0 Å². The summed E-state index contributed by atoms with van der Waals surface area (Å²) in [4.78, 5) is 0. The third kappa shape index (κ3) is 4.72. The van der Waals surface area contributed by atoms with Crippen LogP contribution < -0.4 is 5.32 Å². The van der Waals surface area contributed by atoms with Crippen molar-refractivity contribution < 1.29 is 9.47 Å². The van der Waals surface area contributed by atoms with Crippen LogP contribution in [0, 0.1) is 0 Å². The van der Waals surface area contributed by atoms with Gasteiger partial charge in [0, 0.05) is 13.7 Å². The van der Waals surface area contributed by atoms with Gasteiger partial charge in [0.05, 0.1) is 37.8 Å². The van der Waals surface area contributed by atoms with Crippen molar-refractivity contribution in [1.82, 2.24) is 20.3 Å². The second kappa shape index (κ2) is 9.02. The number of aromatic nitrogens is 3. The molecule has 0 saturated carbocycles. The molecule has 1 atom stereocenters. The SMILES string of the molecule is CCCn1nncc1C(COCCOC)NCC. The van der Waals surface area contributed by atoms with Crippen LogP contribution in [0.15, 0.2) is 6.20 Å². The number of hydrogen-bond donors (Lipinski definition) is 1. The summed E-state index contributed by atoms with van der Waals surface area (Å²) in [5, 5.41) is 11.5. The molecule has 0 radical (unpaired) electrons. The van der Waals surface area contributed by atoms with Gasteiger partial charge in [-0.1, -0.05) is 19.1 Å². The van der Waals surface area contributed by atoms with E-state index in [1.54, 1.807) is 7.11 Å². The topological polar surface area (TPSA) is 61.2 Å². The number of rotatable bonds is 10. The minimum atomic E-state index is 0.133. The second-order valence-corrected chi connectivity index (χ2v) is 4.06. The predicted octanol–water partition coefficient (Wildman–Crippen LogP) is 1.00. The summed E-state index contributed by atoms with van der Waals surface area (Å²) in [6, 6.07) is 0.133. The fraction of sp³-hybridized carbons (Fsp3) is 0.833. The molecule has 1 aromatic heterocycles. The normalized spacial score (nSPS) is 12.8. The maximum atomic E-state index is 5.59. The molecule has 6 nitrogen and oxygen atoms in total. The standard InChI is InChI=1S/C12H24N4O2/c1-4-6-16-12(9-14-15-16)11(13-5-2)10-18-8-7-17-3/h9,11,13H,4-8,10H2,1-3H3. The van der Waals surface area contributed by atoms with Gasteiger partial charge in [0.1, 0.15) is 0 Å². The average Bonchev–Trinajstić information content (AvgIpc) is 2.82. The van der Waals surface area contributed by atoms with Crippen molar-refractivity contribution in [2.45, 2.75) is 32.9 Å². The summed E-state index contributed by atoms with van der Waals surface area (Å²) < 4.78 is 12.5. The van der Waals surface area contributed by atoms with Crippen LogP contribution in [0.25, 0.3) is 0 Å². The Kier molecular flexibility index (Phi) is 7.55. The number of hydrogen-bond acceptors (Lipinski definition) is 5. The highest BCUT2D eigenvalue weighted by Gasteiger charge is 2.16. The molecule has 104 valence electrons. The largest absolute Gasteiger partial charge is 0.382 e. The zero-order valence-electron chi connectivity index (χ0n) is 11.6. The molecule has 0 fully saturated rings. The van der Waals surface area contributed by atoms with E-state index in [1.165, 1.54) is 0 Å². The Bertz CT molecular complexity index is 317. The lowest BCUT2D eigenvalue weighted by Gasteiger charge is -2.18. The molecule has 6 heteroatoms. The smallest absolute Gasteiger partial charge is 0.0780 e. The second-order valence-electron chi connectivity index (χ2n) is 4.06. The van der Waals surface area contributed by atoms with Gasteiger partial charge in [-0.2, -0.15) is 0 Å². The third-order valence-electron chi connectivity index (χ3n) is 2.61. The Morgan fingerprint density at radius 1 is 1.39 bits per heavy atom. The fourth-order valence-electron chi connectivity index (χ4n) is 1.76. The van der Waals surface area contributed by atoms with Crippen molar-refractivity contribution in [3.63, 3.8) is 0 Å². The van der Waals surface area contributed by atoms with Crippen LogP contribution in [-0.2, 0) is 16.0 Å². The Morgan fingerprint density at radius 3 is 2.89 bits per heavy atom. The highest BCUT2D eigenvalue weighted by atomic mass is 16.5. The summed E-state index contributed by atoms with van der Waals surface area (Å²) in [6.45, 7) is 7.80. The summed E-state index contributed by atoms with van der Waals surface area (Å²) in [7, 11) is 1.67. The summed E-state index contributed by atoms with van der Waals surface area (Å²) in [6.07, 6.45) is 2.85. The van der Waals surface area contributed by atoms with Gasteiger partial charge in [0.25, 0.3) is 0 Å². The minimum Gasteiger partial charge on any atom is -0.382 e. The summed E-state index contributed by atoms with van der Waals surface area (Å²) in [5.74, 6) is 0. The molecule has 1 unspecified atom stereocenters. The van der Waals surface area contributed by atoms with Gasteiger partial charge >= 0.3 is 0 Å². The van der Waals surface area contributed by atoms with E-state index < -0.39 is 0 Å². The van der Waals surface area contributed by atoms with E-state index in [1.807, 2.05) is 10.9 Å². The molecular formula is C12H24N4O2. The zero-order valence-corrected chi connectivity index (χ0v) is 11.6. The first-order chi connectivity index (χ1) is 8.83. The molecule has 1 heterocycles. The quantitative estimate of drug-likeness (QED) is 0.633. The van der Waals surface area contributed by atoms with Crippen LogP contribution in [0.5, 0.6) is 0 Å². The first-order valence-electron chi connectivity index (χ1n) is 6.51. The molecular weight excluding hydrogens is 232 g/mol. The van der Waals surface area contributed by atoms with Crippen molar-refractivity contribution in [1.29, 1.82) is 0 Å². The summed E-state index contributed by atoms with van der Waals surface area (Å²) in [5.41, 5.74) is 1.08. The molecule has 0 spiro atoms. The molecule has 1 aromatic rings. The van der Waals surface area contributed by atoms with Crippen LogP contribution in [0.3, 0.4) is 0 Å². The number of nitrogens with one attached hydrogen (secondary N) is 1. The van der Waals surface area contributed by atoms with E-state index in [4.69, 9.17) is 9.47 Å². The van der Waals surface area contributed by atoms with Crippen molar-refractivity contribution in [2.75, 3.05) is 33.5 Å². The van der Waals surface area contributed by atoms with Crippen LogP contribution in [0.2, 0.25) is 0 Å². The number of ether oxygens (including phenoxy) is 2. The molecule has 0 bridgehead atoms. The molecule has 0 amide bonds. The van der Waals surface area contributed by atoms with E-state index in [2.05, 4.69) is 29.5 Å².